The first kappa shape index (κ1) is 23.7. The maximum atomic E-state index is 12.9. The standard InChI is InChI=1S/C25H27N3O5S/c1-16-22(17(2)33-28-16)15-26-25(30)19-8-6-18(7-9-19)12-13-34(31,32)21-10-11-23-20(14-21)4-3-5-24(29)27-23/h6-11,14H,3-5,12-13,15H2,1-2H3,(H,26,30)(H,27,29). The number of aromatic nitrogens is 1. The van der Waals surface area contributed by atoms with Crippen molar-refractivity contribution in [2.45, 2.75) is 51.0 Å². The molecule has 178 valence electrons. The molecule has 3 aromatic rings. The van der Waals surface area contributed by atoms with Gasteiger partial charge < -0.3 is 15.2 Å². The minimum Gasteiger partial charge on any atom is -0.361 e. The first-order chi connectivity index (χ1) is 16.2. The normalized spacial score (nSPS) is 13.6. The summed E-state index contributed by atoms with van der Waals surface area (Å²) in [7, 11) is -3.49. The van der Waals surface area contributed by atoms with Crippen LogP contribution in [0.4, 0.5) is 5.69 Å². The quantitative estimate of drug-likeness (QED) is 0.533. The van der Waals surface area contributed by atoms with E-state index in [1.807, 2.05) is 6.92 Å². The van der Waals surface area contributed by atoms with Crippen molar-refractivity contribution in [3.63, 3.8) is 0 Å². The van der Waals surface area contributed by atoms with Crippen molar-refractivity contribution < 1.29 is 22.5 Å². The minimum absolute atomic E-state index is 0.0459. The smallest absolute Gasteiger partial charge is 0.251 e. The minimum atomic E-state index is -3.49. The zero-order valence-corrected chi connectivity index (χ0v) is 20.0. The van der Waals surface area contributed by atoms with E-state index in [0.717, 1.165) is 22.4 Å². The molecule has 0 fully saturated rings. The third kappa shape index (κ3) is 5.36. The Morgan fingerprint density at radius 2 is 1.88 bits per heavy atom. The number of aryl methyl sites for hydroxylation is 4. The number of nitrogens with one attached hydrogen (secondary N) is 2. The molecular weight excluding hydrogens is 454 g/mol. The number of hydrogen-bond donors (Lipinski definition) is 2. The fraction of sp³-hybridized carbons (Fsp3) is 0.320. The van der Waals surface area contributed by atoms with Gasteiger partial charge in [0.05, 0.1) is 16.3 Å². The van der Waals surface area contributed by atoms with Gasteiger partial charge in [-0.05, 0) is 74.6 Å². The van der Waals surface area contributed by atoms with Gasteiger partial charge in [0.25, 0.3) is 5.91 Å². The van der Waals surface area contributed by atoms with Crippen LogP contribution in [-0.2, 0) is 34.0 Å². The van der Waals surface area contributed by atoms with Crippen molar-refractivity contribution in [1.29, 1.82) is 0 Å². The van der Waals surface area contributed by atoms with Crippen molar-refractivity contribution in [2.75, 3.05) is 11.1 Å². The number of benzene rings is 2. The molecule has 1 aromatic heterocycles. The largest absolute Gasteiger partial charge is 0.361 e. The predicted octanol–water partition coefficient (Wildman–Crippen LogP) is 3.51. The van der Waals surface area contributed by atoms with Crippen molar-refractivity contribution in [3.8, 4) is 0 Å². The first-order valence-corrected chi connectivity index (χ1v) is 12.8. The molecule has 0 bridgehead atoms. The number of hydrogen-bond acceptors (Lipinski definition) is 6. The van der Waals surface area contributed by atoms with Crippen LogP contribution >= 0.6 is 0 Å². The van der Waals surface area contributed by atoms with E-state index in [2.05, 4.69) is 15.8 Å². The predicted molar refractivity (Wildman–Crippen MR) is 127 cm³/mol. The summed E-state index contributed by atoms with van der Waals surface area (Å²) in [5.74, 6) is 0.357. The second-order valence-corrected chi connectivity index (χ2v) is 10.6. The van der Waals surface area contributed by atoms with Gasteiger partial charge in [-0.15, -0.1) is 0 Å². The summed E-state index contributed by atoms with van der Waals surface area (Å²) in [5.41, 5.74) is 4.45. The highest BCUT2D eigenvalue weighted by Crippen LogP contribution is 2.26. The van der Waals surface area contributed by atoms with E-state index in [0.29, 0.717) is 49.2 Å². The van der Waals surface area contributed by atoms with E-state index in [1.165, 1.54) is 0 Å². The Morgan fingerprint density at radius 1 is 1.12 bits per heavy atom. The Bertz CT molecular complexity index is 1310. The van der Waals surface area contributed by atoms with E-state index in [4.69, 9.17) is 4.52 Å². The highest BCUT2D eigenvalue weighted by Gasteiger charge is 2.19. The molecule has 0 saturated carbocycles. The molecule has 2 aromatic carbocycles. The number of carbonyl (C=O) groups excluding carboxylic acids is 2. The van der Waals surface area contributed by atoms with Crippen molar-refractivity contribution in [2.24, 2.45) is 0 Å². The van der Waals surface area contributed by atoms with E-state index in [1.54, 1.807) is 49.4 Å². The molecule has 4 rings (SSSR count). The average molecular weight is 482 g/mol. The molecule has 0 atom stereocenters. The molecule has 0 radical (unpaired) electrons. The summed E-state index contributed by atoms with van der Waals surface area (Å²) >= 11 is 0. The summed E-state index contributed by atoms with van der Waals surface area (Å²) < 4.78 is 30.9. The van der Waals surface area contributed by atoms with Crippen LogP contribution in [0.5, 0.6) is 0 Å². The summed E-state index contributed by atoms with van der Waals surface area (Å²) in [4.78, 5) is 24.4. The van der Waals surface area contributed by atoms with Crippen LogP contribution in [-0.4, -0.2) is 31.1 Å². The lowest BCUT2D eigenvalue weighted by molar-refractivity contribution is -0.116. The highest BCUT2D eigenvalue weighted by molar-refractivity contribution is 7.91. The monoisotopic (exact) mass is 481 g/mol. The maximum Gasteiger partial charge on any atom is 0.251 e. The third-order valence-electron chi connectivity index (χ3n) is 6.04. The van der Waals surface area contributed by atoms with Gasteiger partial charge in [0.2, 0.25) is 5.91 Å². The summed E-state index contributed by atoms with van der Waals surface area (Å²) in [6.45, 7) is 3.95. The molecule has 9 heteroatoms. The number of amides is 2. The molecule has 1 aliphatic heterocycles. The van der Waals surface area contributed by atoms with Gasteiger partial charge in [0.1, 0.15) is 5.76 Å². The van der Waals surface area contributed by atoms with Gasteiger partial charge in [-0.2, -0.15) is 0 Å². The Balaban J connectivity index is 1.36. The lowest BCUT2D eigenvalue weighted by Crippen LogP contribution is -2.23. The topological polar surface area (TPSA) is 118 Å². The molecule has 8 nitrogen and oxygen atoms in total. The van der Waals surface area contributed by atoms with E-state index in [9.17, 15) is 18.0 Å². The van der Waals surface area contributed by atoms with Gasteiger partial charge >= 0.3 is 0 Å². The van der Waals surface area contributed by atoms with Gasteiger partial charge in [-0.1, -0.05) is 17.3 Å². The van der Waals surface area contributed by atoms with E-state index >= 15 is 0 Å². The molecule has 0 aliphatic carbocycles. The molecule has 1 aliphatic rings. The summed E-state index contributed by atoms with van der Waals surface area (Å²) in [5, 5.41) is 9.55. The number of fused-ring (bicyclic) bond motifs is 1. The Hall–Kier alpha value is -3.46. The Labute approximate surface area is 198 Å². The highest BCUT2D eigenvalue weighted by atomic mass is 32.2. The maximum absolute atomic E-state index is 12.9. The third-order valence-corrected chi connectivity index (χ3v) is 7.76. The van der Waals surface area contributed by atoms with Crippen LogP contribution in [0.3, 0.4) is 0 Å². The molecule has 0 spiro atoms. The Morgan fingerprint density at radius 3 is 2.59 bits per heavy atom. The van der Waals surface area contributed by atoms with Crippen LogP contribution in [0, 0.1) is 13.8 Å². The van der Waals surface area contributed by atoms with Gasteiger partial charge in [0, 0.05) is 29.8 Å². The molecule has 2 amide bonds. The van der Waals surface area contributed by atoms with Crippen LogP contribution < -0.4 is 10.6 Å². The van der Waals surface area contributed by atoms with E-state index in [-0.39, 0.29) is 22.5 Å². The molecule has 2 heterocycles. The molecule has 2 N–H and O–H groups in total. The fourth-order valence-corrected chi connectivity index (χ4v) is 5.30. The molecule has 0 unspecified atom stereocenters. The average Bonchev–Trinajstić information content (AvgIpc) is 3.01. The van der Waals surface area contributed by atoms with Crippen molar-refractivity contribution in [3.05, 3.63) is 76.2 Å². The van der Waals surface area contributed by atoms with Crippen molar-refractivity contribution in [1.82, 2.24) is 10.5 Å². The van der Waals surface area contributed by atoms with Crippen LogP contribution in [0.1, 0.15) is 51.3 Å². The number of anilines is 1. The lowest BCUT2D eigenvalue weighted by atomic mass is 10.1. The number of sulfone groups is 1. The zero-order valence-electron chi connectivity index (χ0n) is 19.2. The Kier molecular flexibility index (Phi) is 6.83. The van der Waals surface area contributed by atoms with E-state index < -0.39 is 9.84 Å². The van der Waals surface area contributed by atoms with Gasteiger partial charge in [-0.3, -0.25) is 9.59 Å². The van der Waals surface area contributed by atoms with Crippen LogP contribution in [0.25, 0.3) is 0 Å². The number of nitrogens with zero attached hydrogens (tertiary/aromatic N) is 1. The zero-order chi connectivity index (χ0) is 24.3. The second kappa shape index (κ2) is 9.80. The fourth-order valence-electron chi connectivity index (χ4n) is 3.96. The van der Waals surface area contributed by atoms with Gasteiger partial charge in [-0.25, -0.2) is 8.42 Å². The summed E-state index contributed by atoms with van der Waals surface area (Å²) in [6, 6.07) is 11.8. The summed E-state index contributed by atoms with van der Waals surface area (Å²) in [6.07, 6.45) is 2.12. The first-order valence-electron chi connectivity index (χ1n) is 11.2. The molecule has 0 saturated heterocycles. The number of carbonyl (C=O) groups is 2. The van der Waals surface area contributed by atoms with Crippen LogP contribution in [0.15, 0.2) is 51.9 Å². The molecule has 34 heavy (non-hydrogen) atoms. The molecular formula is C25H27N3O5S. The van der Waals surface area contributed by atoms with Crippen molar-refractivity contribution >= 4 is 27.3 Å². The second-order valence-electron chi connectivity index (χ2n) is 8.47. The lowest BCUT2D eigenvalue weighted by Gasteiger charge is -2.10. The van der Waals surface area contributed by atoms with Crippen LogP contribution in [0.2, 0.25) is 0 Å². The SMILES string of the molecule is Cc1noc(C)c1CNC(=O)c1ccc(CCS(=O)(=O)c2ccc3c(c2)CCCC(=O)N3)cc1. The number of rotatable bonds is 7. The van der Waals surface area contributed by atoms with Gasteiger partial charge in [0.15, 0.2) is 9.84 Å².